The number of benzene rings is 4. The fourth-order valence-electron chi connectivity index (χ4n) is 4.66. The number of hydrogen-bond acceptors (Lipinski definition) is 2. The summed E-state index contributed by atoms with van der Waals surface area (Å²) in [6.45, 7) is 2.13. The molecule has 0 spiro atoms. The molecule has 164 valence electrons. The van der Waals surface area contributed by atoms with Gasteiger partial charge in [-0.15, -0.1) is 11.3 Å². The van der Waals surface area contributed by atoms with Crippen molar-refractivity contribution in [1.29, 1.82) is 0 Å². The van der Waals surface area contributed by atoms with Crippen molar-refractivity contribution < 1.29 is 0 Å². The molecule has 1 nitrogen and oxygen atoms in total. The molecule has 0 radical (unpaired) electrons. The minimum absolute atomic E-state index is 0.915. The minimum atomic E-state index is 0.915. The molecule has 0 aliphatic heterocycles. The van der Waals surface area contributed by atoms with Crippen LogP contribution in [-0.2, 0) is 0 Å². The van der Waals surface area contributed by atoms with E-state index < -0.39 is 0 Å². The predicted octanol–water partition coefficient (Wildman–Crippen LogP) is 9.43. The van der Waals surface area contributed by atoms with Gasteiger partial charge in [0.15, 0.2) is 0 Å². The molecule has 1 aliphatic rings. The number of anilines is 2. The van der Waals surface area contributed by atoms with Crippen molar-refractivity contribution in [2.24, 2.45) is 0 Å². The summed E-state index contributed by atoms with van der Waals surface area (Å²) in [7, 11) is 0. The standard InChI is InChI=1S/C32H25NS/c1-23-17-19-25(20-18-23)24-9-7-12-27(22-21-24)33(26-10-3-2-4-11-26)30-15-8-14-29-28-13-5-6-16-31(28)34-32(29)30/h2-8,10-22H,9H2,1H3. The van der Waals surface area contributed by atoms with E-state index in [0.29, 0.717) is 0 Å². The fourth-order valence-corrected chi connectivity index (χ4v) is 5.87. The van der Waals surface area contributed by atoms with Crippen LogP contribution in [0.5, 0.6) is 0 Å². The van der Waals surface area contributed by atoms with Gasteiger partial charge < -0.3 is 4.90 Å². The smallest absolute Gasteiger partial charge is 0.0640 e. The van der Waals surface area contributed by atoms with Crippen LogP contribution in [0.25, 0.3) is 25.7 Å². The fraction of sp³-hybridized carbons (Fsp3) is 0.0625. The van der Waals surface area contributed by atoms with Crippen LogP contribution in [0.4, 0.5) is 11.4 Å². The van der Waals surface area contributed by atoms with Gasteiger partial charge in [-0.3, -0.25) is 0 Å². The van der Waals surface area contributed by atoms with Crippen LogP contribution in [0.1, 0.15) is 17.5 Å². The zero-order valence-electron chi connectivity index (χ0n) is 19.1. The molecule has 1 aromatic heterocycles. The van der Waals surface area contributed by atoms with Gasteiger partial charge in [-0.05, 0) is 60.9 Å². The Hall–Kier alpha value is -3.88. The van der Waals surface area contributed by atoms with Crippen LogP contribution in [0.2, 0.25) is 0 Å². The van der Waals surface area contributed by atoms with Crippen molar-refractivity contribution in [2.45, 2.75) is 13.3 Å². The molecule has 0 unspecified atom stereocenters. The van der Waals surface area contributed by atoms with Gasteiger partial charge in [-0.2, -0.15) is 0 Å². The first-order valence-electron chi connectivity index (χ1n) is 11.7. The molecule has 0 saturated heterocycles. The Balaban J connectivity index is 1.53. The summed E-state index contributed by atoms with van der Waals surface area (Å²) < 4.78 is 2.64. The van der Waals surface area contributed by atoms with Crippen molar-refractivity contribution in [2.75, 3.05) is 4.90 Å². The first-order chi connectivity index (χ1) is 16.8. The maximum atomic E-state index is 2.39. The van der Waals surface area contributed by atoms with Crippen LogP contribution in [-0.4, -0.2) is 0 Å². The van der Waals surface area contributed by atoms with E-state index in [4.69, 9.17) is 0 Å². The van der Waals surface area contributed by atoms with Gasteiger partial charge in [0, 0.05) is 26.9 Å². The molecule has 1 heterocycles. The molecule has 1 aliphatic carbocycles. The molecular formula is C32H25NS. The lowest BCUT2D eigenvalue weighted by molar-refractivity contribution is 1.22. The Kier molecular flexibility index (Phi) is 5.37. The maximum Gasteiger partial charge on any atom is 0.0640 e. The van der Waals surface area contributed by atoms with E-state index >= 15 is 0 Å². The van der Waals surface area contributed by atoms with E-state index in [1.54, 1.807) is 0 Å². The van der Waals surface area contributed by atoms with E-state index in [1.807, 2.05) is 11.3 Å². The molecular weight excluding hydrogens is 430 g/mol. The van der Waals surface area contributed by atoms with E-state index in [-0.39, 0.29) is 0 Å². The normalized spacial score (nSPS) is 13.6. The van der Waals surface area contributed by atoms with Crippen molar-refractivity contribution >= 4 is 48.5 Å². The van der Waals surface area contributed by atoms with Crippen LogP contribution >= 0.6 is 11.3 Å². The third kappa shape index (κ3) is 3.76. The third-order valence-electron chi connectivity index (χ3n) is 6.40. The summed E-state index contributed by atoms with van der Waals surface area (Å²) in [6.07, 6.45) is 10.00. The highest BCUT2D eigenvalue weighted by Crippen LogP contribution is 2.43. The highest BCUT2D eigenvalue weighted by atomic mass is 32.1. The Morgan fingerprint density at radius 3 is 2.32 bits per heavy atom. The minimum Gasteiger partial charge on any atom is -0.309 e. The molecule has 0 N–H and O–H groups in total. The lowest BCUT2D eigenvalue weighted by atomic mass is 10.0. The third-order valence-corrected chi connectivity index (χ3v) is 7.61. The number of allylic oxidation sites excluding steroid dienone is 5. The van der Waals surface area contributed by atoms with Crippen molar-refractivity contribution in [3.63, 3.8) is 0 Å². The highest BCUT2D eigenvalue weighted by molar-refractivity contribution is 7.26. The molecule has 6 rings (SSSR count). The summed E-state index contributed by atoms with van der Waals surface area (Å²) in [5, 5.41) is 2.64. The number of para-hydroxylation sites is 1. The first kappa shape index (κ1) is 20.7. The molecule has 0 bridgehead atoms. The lowest BCUT2D eigenvalue weighted by Gasteiger charge is -2.26. The van der Waals surface area contributed by atoms with Gasteiger partial charge in [-0.1, -0.05) is 90.5 Å². The van der Waals surface area contributed by atoms with Gasteiger partial charge in [-0.25, -0.2) is 0 Å². The van der Waals surface area contributed by atoms with E-state index in [2.05, 4.69) is 133 Å². The quantitative estimate of drug-likeness (QED) is 0.261. The average molecular weight is 456 g/mol. The molecule has 0 atom stereocenters. The number of fused-ring (bicyclic) bond motifs is 3. The molecule has 0 saturated carbocycles. The summed E-state index contributed by atoms with van der Waals surface area (Å²) in [6, 6.07) is 34.9. The van der Waals surface area contributed by atoms with E-state index in [9.17, 15) is 0 Å². The van der Waals surface area contributed by atoms with Crippen LogP contribution in [0.15, 0.2) is 127 Å². The van der Waals surface area contributed by atoms with Gasteiger partial charge in [0.1, 0.15) is 0 Å². The SMILES string of the molecule is Cc1ccc(C2=CC=C(N(c3ccccc3)c3cccc4c3sc3ccccc34)C=CC2)cc1. The molecule has 4 aromatic carbocycles. The summed E-state index contributed by atoms with van der Waals surface area (Å²) in [4.78, 5) is 2.39. The molecule has 0 fully saturated rings. The Labute approximate surface area is 204 Å². The number of aryl methyl sites for hydroxylation is 1. The molecule has 5 aromatic rings. The van der Waals surface area contributed by atoms with Gasteiger partial charge in [0.05, 0.1) is 10.4 Å². The number of rotatable bonds is 4. The van der Waals surface area contributed by atoms with E-state index in [1.165, 1.54) is 48.3 Å². The Morgan fingerprint density at radius 1 is 0.706 bits per heavy atom. The second-order valence-corrected chi connectivity index (χ2v) is 9.73. The van der Waals surface area contributed by atoms with Crippen LogP contribution in [0, 0.1) is 6.92 Å². The first-order valence-corrected chi connectivity index (χ1v) is 12.5. The summed E-state index contributed by atoms with van der Waals surface area (Å²) in [5.41, 5.74) is 7.45. The number of hydrogen-bond donors (Lipinski definition) is 0. The van der Waals surface area contributed by atoms with Crippen molar-refractivity contribution in [3.8, 4) is 0 Å². The Bertz CT molecular complexity index is 1570. The van der Waals surface area contributed by atoms with Crippen LogP contribution < -0.4 is 4.90 Å². The van der Waals surface area contributed by atoms with E-state index in [0.717, 1.165) is 12.1 Å². The van der Waals surface area contributed by atoms with Gasteiger partial charge in [0.2, 0.25) is 0 Å². The highest BCUT2D eigenvalue weighted by Gasteiger charge is 2.18. The predicted molar refractivity (Wildman–Crippen MR) is 149 cm³/mol. The number of thiophene rings is 1. The second-order valence-electron chi connectivity index (χ2n) is 8.68. The zero-order chi connectivity index (χ0) is 22.9. The summed E-state index contributed by atoms with van der Waals surface area (Å²) in [5.74, 6) is 0. The van der Waals surface area contributed by atoms with Crippen molar-refractivity contribution in [1.82, 2.24) is 0 Å². The number of nitrogens with zero attached hydrogens (tertiary/aromatic N) is 1. The van der Waals surface area contributed by atoms with Crippen molar-refractivity contribution in [3.05, 3.63) is 138 Å². The molecule has 0 amide bonds. The molecule has 34 heavy (non-hydrogen) atoms. The average Bonchev–Trinajstić information content (AvgIpc) is 3.10. The van der Waals surface area contributed by atoms with Gasteiger partial charge in [0.25, 0.3) is 0 Å². The summed E-state index contributed by atoms with van der Waals surface area (Å²) >= 11 is 1.87. The Morgan fingerprint density at radius 2 is 1.47 bits per heavy atom. The largest absolute Gasteiger partial charge is 0.309 e. The molecule has 2 heteroatoms. The maximum absolute atomic E-state index is 2.39. The monoisotopic (exact) mass is 455 g/mol. The topological polar surface area (TPSA) is 3.24 Å². The lowest BCUT2D eigenvalue weighted by Crippen LogP contribution is -2.15. The van der Waals surface area contributed by atoms with Crippen LogP contribution in [0.3, 0.4) is 0 Å². The van der Waals surface area contributed by atoms with Gasteiger partial charge >= 0.3 is 0 Å². The zero-order valence-corrected chi connectivity index (χ0v) is 19.9. The second kappa shape index (κ2) is 8.81.